The van der Waals surface area contributed by atoms with Gasteiger partial charge in [0.25, 0.3) is 0 Å². The summed E-state index contributed by atoms with van der Waals surface area (Å²) in [6.45, 7) is 0. The normalized spacial score (nSPS) is 14.2. The molecule has 2 aromatic rings. The minimum Gasteiger partial charge on any atom is -0.375 e. The summed E-state index contributed by atoms with van der Waals surface area (Å²) in [4.78, 5) is 0.163. The molecule has 0 saturated carbocycles. The van der Waals surface area contributed by atoms with Gasteiger partial charge in [-0.15, -0.1) is 0 Å². The van der Waals surface area contributed by atoms with E-state index in [1.54, 1.807) is 7.11 Å². The molecule has 0 aliphatic carbocycles. The van der Waals surface area contributed by atoms with Crippen LogP contribution in [0.4, 0.5) is 0 Å². The topological polar surface area (TPSA) is 9.23 Å². The van der Waals surface area contributed by atoms with Gasteiger partial charge in [0.1, 0.15) is 0 Å². The summed E-state index contributed by atoms with van der Waals surface area (Å²) in [6, 6.07) is 20.6. The fourth-order valence-corrected chi connectivity index (χ4v) is 2.71. The maximum atomic E-state index is 5.61. The molecule has 2 rings (SSSR count). The maximum Gasteiger partial charge on any atom is 0.0986 e. The summed E-state index contributed by atoms with van der Waals surface area (Å²) in [5.41, 5.74) is 2.41. The van der Waals surface area contributed by atoms with Gasteiger partial charge < -0.3 is 4.74 Å². The third-order valence-corrected chi connectivity index (χ3v) is 3.77. The van der Waals surface area contributed by atoms with Crippen LogP contribution in [-0.2, 0) is 4.74 Å². The van der Waals surface area contributed by atoms with Gasteiger partial charge in [-0.3, -0.25) is 0 Å². The van der Waals surface area contributed by atoms with E-state index in [-0.39, 0.29) is 10.9 Å². The highest BCUT2D eigenvalue weighted by Crippen LogP contribution is 2.38. The van der Waals surface area contributed by atoms with Gasteiger partial charge in [0.05, 0.1) is 10.9 Å². The Kier molecular flexibility index (Phi) is 4.35. The average molecular weight is 291 g/mol. The first-order valence-electron chi connectivity index (χ1n) is 5.59. The highest BCUT2D eigenvalue weighted by Gasteiger charge is 2.21. The molecular formula is C15H15BrO. The largest absolute Gasteiger partial charge is 0.375 e. The van der Waals surface area contributed by atoms with Crippen molar-refractivity contribution in [3.05, 3.63) is 71.8 Å². The Bertz CT molecular complexity index is 441. The third-order valence-electron chi connectivity index (χ3n) is 2.77. The molecule has 1 nitrogen and oxygen atoms in total. The molecule has 2 aromatic carbocycles. The Morgan fingerprint density at radius 1 is 0.824 bits per heavy atom. The molecule has 88 valence electrons. The van der Waals surface area contributed by atoms with Crippen LogP contribution in [0, 0.1) is 0 Å². The molecule has 0 N–H and O–H groups in total. The first-order valence-corrected chi connectivity index (χ1v) is 6.51. The van der Waals surface area contributed by atoms with E-state index in [1.807, 2.05) is 36.4 Å². The fourth-order valence-electron chi connectivity index (χ4n) is 1.88. The predicted octanol–water partition coefficient (Wildman–Crippen LogP) is 4.51. The lowest BCUT2D eigenvalue weighted by Gasteiger charge is -2.22. The second-order valence-electron chi connectivity index (χ2n) is 3.88. The molecule has 2 atom stereocenters. The summed E-state index contributed by atoms with van der Waals surface area (Å²) in [7, 11) is 1.74. The van der Waals surface area contributed by atoms with Crippen molar-refractivity contribution in [2.24, 2.45) is 0 Å². The second-order valence-corrected chi connectivity index (χ2v) is 4.87. The number of hydrogen-bond acceptors (Lipinski definition) is 1. The Balaban J connectivity index is 2.25. The van der Waals surface area contributed by atoms with Crippen LogP contribution < -0.4 is 0 Å². The molecule has 0 fully saturated rings. The lowest BCUT2D eigenvalue weighted by molar-refractivity contribution is 0.103. The van der Waals surface area contributed by atoms with E-state index in [9.17, 15) is 0 Å². The third kappa shape index (κ3) is 2.96. The van der Waals surface area contributed by atoms with Crippen molar-refractivity contribution >= 4 is 15.9 Å². The van der Waals surface area contributed by atoms with Gasteiger partial charge in [-0.25, -0.2) is 0 Å². The van der Waals surface area contributed by atoms with Crippen LogP contribution in [0.15, 0.2) is 60.7 Å². The summed E-state index contributed by atoms with van der Waals surface area (Å²) < 4.78 is 5.61. The Morgan fingerprint density at radius 2 is 1.29 bits per heavy atom. The van der Waals surface area contributed by atoms with Crippen molar-refractivity contribution < 1.29 is 4.74 Å². The van der Waals surface area contributed by atoms with Crippen LogP contribution in [-0.4, -0.2) is 7.11 Å². The molecule has 0 aliphatic rings. The van der Waals surface area contributed by atoms with Crippen molar-refractivity contribution in [2.75, 3.05) is 7.11 Å². The zero-order valence-corrected chi connectivity index (χ0v) is 11.3. The summed E-state index contributed by atoms with van der Waals surface area (Å²) >= 11 is 3.72. The zero-order chi connectivity index (χ0) is 12.1. The SMILES string of the molecule is COC(c1ccccc1)C(Br)c1ccccc1. The Labute approximate surface area is 111 Å². The second kappa shape index (κ2) is 5.99. The molecular weight excluding hydrogens is 276 g/mol. The van der Waals surface area contributed by atoms with Gasteiger partial charge in [0.15, 0.2) is 0 Å². The highest BCUT2D eigenvalue weighted by atomic mass is 79.9. The van der Waals surface area contributed by atoms with E-state index in [0.29, 0.717) is 0 Å². The summed E-state index contributed by atoms with van der Waals surface area (Å²) in [5.74, 6) is 0. The standard InChI is InChI=1S/C15H15BrO/c1-17-15(13-10-6-3-7-11-13)14(16)12-8-4-2-5-9-12/h2-11,14-15H,1H3. The number of hydrogen-bond donors (Lipinski definition) is 0. The lowest BCUT2D eigenvalue weighted by Crippen LogP contribution is -2.08. The van der Waals surface area contributed by atoms with Gasteiger partial charge in [-0.2, -0.15) is 0 Å². The molecule has 2 heteroatoms. The molecule has 0 heterocycles. The highest BCUT2D eigenvalue weighted by molar-refractivity contribution is 9.09. The van der Waals surface area contributed by atoms with Gasteiger partial charge in [0.2, 0.25) is 0 Å². The number of methoxy groups -OCH3 is 1. The minimum atomic E-state index is 0.0265. The molecule has 0 saturated heterocycles. The van der Waals surface area contributed by atoms with E-state index in [0.717, 1.165) is 0 Å². The Hall–Kier alpha value is -1.12. The van der Waals surface area contributed by atoms with Gasteiger partial charge in [0, 0.05) is 7.11 Å². The molecule has 0 aromatic heterocycles. The maximum absolute atomic E-state index is 5.61. The first-order chi connectivity index (χ1) is 8.33. The number of halogens is 1. The van der Waals surface area contributed by atoms with Crippen LogP contribution in [0.5, 0.6) is 0 Å². The average Bonchev–Trinajstić information content (AvgIpc) is 2.42. The van der Waals surface area contributed by atoms with Crippen molar-refractivity contribution in [3.63, 3.8) is 0 Å². The minimum absolute atomic E-state index is 0.0265. The zero-order valence-electron chi connectivity index (χ0n) is 9.71. The predicted molar refractivity (Wildman–Crippen MR) is 74.3 cm³/mol. The van der Waals surface area contributed by atoms with Crippen molar-refractivity contribution in [1.29, 1.82) is 0 Å². The van der Waals surface area contributed by atoms with Crippen LogP contribution in [0.3, 0.4) is 0 Å². The van der Waals surface area contributed by atoms with Crippen LogP contribution in [0.25, 0.3) is 0 Å². The summed E-state index contributed by atoms with van der Waals surface area (Å²) in [5, 5.41) is 0. The van der Waals surface area contributed by atoms with Crippen molar-refractivity contribution in [2.45, 2.75) is 10.9 Å². The van der Waals surface area contributed by atoms with Crippen LogP contribution in [0.2, 0.25) is 0 Å². The summed E-state index contributed by atoms with van der Waals surface area (Å²) in [6.07, 6.45) is 0.0265. The molecule has 17 heavy (non-hydrogen) atoms. The molecule has 2 unspecified atom stereocenters. The monoisotopic (exact) mass is 290 g/mol. The smallest absolute Gasteiger partial charge is 0.0986 e. The van der Waals surface area contributed by atoms with E-state index in [2.05, 4.69) is 40.2 Å². The quantitative estimate of drug-likeness (QED) is 0.753. The van der Waals surface area contributed by atoms with E-state index in [1.165, 1.54) is 11.1 Å². The van der Waals surface area contributed by atoms with Crippen molar-refractivity contribution in [1.82, 2.24) is 0 Å². The van der Waals surface area contributed by atoms with Crippen molar-refractivity contribution in [3.8, 4) is 0 Å². The number of alkyl halides is 1. The van der Waals surface area contributed by atoms with Crippen LogP contribution >= 0.6 is 15.9 Å². The van der Waals surface area contributed by atoms with E-state index >= 15 is 0 Å². The molecule has 0 amide bonds. The van der Waals surface area contributed by atoms with E-state index in [4.69, 9.17) is 4.74 Å². The lowest BCUT2D eigenvalue weighted by atomic mass is 10.0. The van der Waals surface area contributed by atoms with E-state index < -0.39 is 0 Å². The first kappa shape index (κ1) is 12.3. The fraction of sp³-hybridized carbons (Fsp3) is 0.200. The number of rotatable bonds is 4. The van der Waals surface area contributed by atoms with Gasteiger partial charge in [-0.1, -0.05) is 76.6 Å². The van der Waals surface area contributed by atoms with Gasteiger partial charge in [-0.05, 0) is 11.1 Å². The van der Waals surface area contributed by atoms with Crippen LogP contribution in [0.1, 0.15) is 22.1 Å². The molecule has 0 aliphatic heterocycles. The molecule has 0 spiro atoms. The molecule has 0 bridgehead atoms. The van der Waals surface area contributed by atoms with Gasteiger partial charge >= 0.3 is 0 Å². The number of benzene rings is 2. The number of ether oxygens (including phenoxy) is 1. The molecule has 0 radical (unpaired) electrons. The Morgan fingerprint density at radius 3 is 1.76 bits per heavy atom.